The molecule has 0 aliphatic heterocycles. The first kappa shape index (κ1) is 16.1. The third-order valence-electron chi connectivity index (χ3n) is 3.63. The summed E-state index contributed by atoms with van der Waals surface area (Å²) < 4.78 is 38.6. The summed E-state index contributed by atoms with van der Waals surface area (Å²) in [6, 6.07) is 4.39. The van der Waals surface area contributed by atoms with Crippen LogP contribution in [0.5, 0.6) is 0 Å². The summed E-state index contributed by atoms with van der Waals surface area (Å²) >= 11 is 6.71. The first-order valence-corrected chi connectivity index (χ1v) is 8.54. The van der Waals surface area contributed by atoms with Crippen molar-refractivity contribution >= 4 is 37.5 Å². The van der Waals surface area contributed by atoms with Crippen molar-refractivity contribution < 1.29 is 13.2 Å². The first-order chi connectivity index (χ1) is 9.43. The van der Waals surface area contributed by atoms with Gasteiger partial charge in [0.25, 0.3) is 0 Å². The van der Waals surface area contributed by atoms with E-state index in [1.807, 2.05) is 0 Å². The number of alkyl halides is 4. The summed E-state index contributed by atoms with van der Waals surface area (Å²) in [6.07, 6.45) is 0.126. The second kappa shape index (κ2) is 6.69. The van der Waals surface area contributed by atoms with E-state index in [9.17, 15) is 13.2 Å². The molecule has 0 spiro atoms. The Morgan fingerprint density at radius 1 is 1.25 bits per heavy atom. The second-order valence-corrected chi connectivity index (χ2v) is 6.63. The van der Waals surface area contributed by atoms with E-state index in [1.54, 1.807) is 6.07 Å². The fraction of sp³-hybridized carbons (Fsp3) is 0.571. The minimum atomic E-state index is -4.29. The van der Waals surface area contributed by atoms with Crippen LogP contribution in [-0.2, 0) is 6.18 Å². The quantitative estimate of drug-likeness (QED) is 0.566. The SMILES string of the molecule is FC(F)(F)c1ccc(N(CCCBr)C2CCC2)c(Br)c1. The lowest BCUT2D eigenvalue weighted by molar-refractivity contribution is -0.137. The van der Waals surface area contributed by atoms with Crippen molar-refractivity contribution in [3.8, 4) is 0 Å². The number of nitrogens with zero attached hydrogens (tertiary/aromatic N) is 1. The fourth-order valence-corrected chi connectivity index (χ4v) is 3.20. The largest absolute Gasteiger partial charge is 0.416 e. The molecule has 0 radical (unpaired) electrons. The average Bonchev–Trinajstić information content (AvgIpc) is 2.31. The molecule has 0 saturated heterocycles. The Kier molecular flexibility index (Phi) is 5.40. The van der Waals surface area contributed by atoms with E-state index < -0.39 is 11.7 Å². The molecule has 0 heterocycles. The van der Waals surface area contributed by atoms with Crippen LogP contribution in [0.15, 0.2) is 22.7 Å². The molecule has 0 bridgehead atoms. The second-order valence-electron chi connectivity index (χ2n) is 4.98. The molecule has 2 rings (SSSR count). The molecule has 1 aliphatic rings. The van der Waals surface area contributed by atoms with Crippen molar-refractivity contribution in [3.05, 3.63) is 28.2 Å². The number of hydrogen-bond acceptors (Lipinski definition) is 1. The van der Waals surface area contributed by atoms with Crippen LogP contribution >= 0.6 is 31.9 Å². The molecule has 0 N–H and O–H groups in total. The van der Waals surface area contributed by atoms with Gasteiger partial charge in [-0.05, 0) is 59.8 Å². The van der Waals surface area contributed by atoms with Gasteiger partial charge in [0.2, 0.25) is 0 Å². The van der Waals surface area contributed by atoms with Gasteiger partial charge in [0, 0.05) is 22.4 Å². The predicted octanol–water partition coefficient (Wildman–Crippen LogP) is 5.61. The summed E-state index contributed by atoms with van der Waals surface area (Å²) in [5.74, 6) is 0. The molecule has 1 fully saturated rings. The van der Waals surface area contributed by atoms with Crippen LogP contribution in [0, 0.1) is 0 Å². The maximum atomic E-state index is 12.7. The standard InChI is InChI=1S/C14H16Br2F3N/c15-7-2-8-20(11-3-1-4-11)13-6-5-10(9-12(13)16)14(17,18)19/h5-6,9,11H,1-4,7-8H2. The molecule has 1 saturated carbocycles. The zero-order valence-corrected chi connectivity index (χ0v) is 14.1. The molecule has 0 unspecified atom stereocenters. The lowest BCUT2D eigenvalue weighted by atomic mass is 9.91. The van der Waals surface area contributed by atoms with Crippen molar-refractivity contribution in [2.45, 2.75) is 37.9 Å². The molecule has 20 heavy (non-hydrogen) atoms. The van der Waals surface area contributed by atoms with Crippen LogP contribution in [-0.4, -0.2) is 17.9 Å². The molecule has 0 amide bonds. The van der Waals surface area contributed by atoms with Crippen LogP contribution in [0.4, 0.5) is 18.9 Å². The highest BCUT2D eigenvalue weighted by Gasteiger charge is 2.32. The summed E-state index contributed by atoms with van der Waals surface area (Å²) in [6.45, 7) is 0.861. The third kappa shape index (κ3) is 3.70. The van der Waals surface area contributed by atoms with Gasteiger partial charge < -0.3 is 4.90 Å². The van der Waals surface area contributed by atoms with Crippen molar-refractivity contribution in [2.24, 2.45) is 0 Å². The van der Waals surface area contributed by atoms with Gasteiger partial charge in [-0.3, -0.25) is 0 Å². The Morgan fingerprint density at radius 2 is 1.95 bits per heavy atom. The molecular weight excluding hydrogens is 399 g/mol. The lowest BCUT2D eigenvalue weighted by Crippen LogP contribution is -2.41. The minimum Gasteiger partial charge on any atom is -0.368 e. The Balaban J connectivity index is 2.24. The van der Waals surface area contributed by atoms with E-state index in [-0.39, 0.29) is 0 Å². The van der Waals surface area contributed by atoms with Gasteiger partial charge in [-0.2, -0.15) is 13.2 Å². The normalized spacial score (nSPS) is 16.1. The zero-order valence-electron chi connectivity index (χ0n) is 10.9. The van der Waals surface area contributed by atoms with Crippen LogP contribution in [0.25, 0.3) is 0 Å². The number of halogens is 5. The van der Waals surface area contributed by atoms with Crippen molar-refractivity contribution in [1.29, 1.82) is 0 Å². The van der Waals surface area contributed by atoms with E-state index in [0.29, 0.717) is 10.5 Å². The summed E-state index contributed by atoms with van der Waals surface area (Å²) in [7, 11) is 0. The Bertz CT molecular complexity index is 458. The fourth-order valence-electron chi connectivity index (χ4n) is 2.34. The highest BCUT2D eigenvalue weighted by Crippen LogP contribution is 2.38. The monoisotopic (exact) mass is 413 g/mol. The molecule has 112 valence electrons. The van der Waals surface area contributed by atoms with E-state index in [2.05, 4.69) is 36.8 Å². The molecule has 0 atom stereocenters. The molecule has 6 heteroatoms. The summed E-state index contributed by atoms with van der Waals surface area (Å²) in [5.41, 5.74) is 0.255. The number of benzene rings is 1. The van der Waals surface area contributed by atoms with E-state index in [1.165, 1.54) is 18.6 Å². The number of anilines is 1. The van der Waals surface area contributed by atoms with Crippen LogP contribution in [0.3, 0.4) is 0 Å². The smallest absolute Gasteiger partial charge is 0.368 e. The molecule has 1 nitrogen and oxygen atoms in total. The lowest BCUT2D eigenvalue weighted by Gasteiger charge is -2.40. The van der Waals surface area contributed by atoms with Crippen LogP contribution in [0.2, 0.25) is 0 Å². The van der Waals surface area contributed by atoms with E-state index >= 15 is 0 Å². The Morgan fingerprint density at radius 3 is 2.40 bits per heavy atom. The topological polar surface area (TPSA) is 3.24 Å². The molecule has 1 aliphatic carbocycles. The molecule has 1 aromatic rings. The zero-order chi connectivity index (χ0) is 14.8. The van der Waals surface area contributed by atoms with Gasteiger partial charge in [0.15, 0.2) is 0 Å². The predicted molar refractivity (Wildman–Crippen MR) is 82.5 cm³/mol. The van der Waals surface area contributed by atoms with Crippen molar-refractivity contribution in [1.82, 2.24) is 0 Å². The van der Waals surface area contributed by atoms with Gasteiger partial charge in [0.1, 0.15) is 0 Å². The third-order valence-corrected chi connectivity index (χ3v) is 4.83. The van der Waals surface area contributed by atoms with Gasteiger partial charge in [-0.15, -0.1) is 0 Å². The minimum absolute atomic E-state index is 0.460. The maximum absolute atomic E-state index is 12.7. The van der Waals surface area contributed by atoms with Crippen LogP contribution < -0.4 is 4.90 Å². The average molecular weight is 415 g/mol. The van der Waals surface area contributed by atoms with E-state index in [0.717, 1.165) is 36.8 Å². The van der Waals surface area contributed by atoms with Gasteiger partial charge in [0.05, 0.1) is 11.3 Å². The first-order valence-electron chi connectivity index (χ1n) is 6.63. The van der Waals surface area contributed by atoms with Gasteiger partial charge in [-0.1, -0.05) is 15.9 Å². The van der Waals surface area contributed by atoms with E-state index in [4.69, 9.17) is 0 Å². The van der Waals surface area contributed by atoms with Crippen LogP contribution in [0.1, 0.15) is 31.2 Å². The maximum Gasteiger partial charge on any atom is 0.416 e. The summed E-state index contributed by atoms with van der Waals surface area (Å²) in [4.78, 5) is 2.23. The van der Waals surface area contributed by atoms with Gasteiger partial charge in [-0.25, -0.2) is 0 Å². The molecule has 0 aromatic heterocycles. The highest BCUT2D eigenvalue weighted by molar-refractivity contribution is 9.10. The van der Waals surface area contributed by atoms with Crippen molar-refractivity contribution in [3.63, 3.8) is 0 Å². The summed E-state index contributed by atoms with van der Waals surface area (Å²) in [5, 5.41) is 0.897. The number of rotatable bonds is 5. The highest BCUT2D eigenvalue weighted by atomic mass is 79.9. The number of hydrogen-bond donors (Lipinski definition) is 0. The van der Waals surface area contributed by atoms with Gasteiger partial charge >= 0.3 is 6.18 Å². The molecule has 1 aromatic carbocycles. The Hall–Kier alpha value is -0.230. The molecular formula is C14H16Br2F3N. The van der Waals surface area contributed by atoms with Crippen molar-refractivity contribution in [2.75, 3.05) is 16.8 Å². The Labute approximate surface area is 133 Å².